The quantitative estimate of drug-likeness (QED) is 0.276. The molecular formula is C33H41N7O5. The van der Waals surface area contributed by atoms with Crippen molar-refractivity contribution in [2.24, 2.45) is 0 Å². The highest BCUT2D eigenvalue weighted by molar-refractivity contribution is 5.94. The zero-order valence-electron chi connectivity index (χ0n) is 26.2. The molecule has 2 fully saturated rings. The molecule has 4 aromatic heterocycles. The minimum Gasteiger partial charge on any atom is -0.467 e. The molecule has 1 N–H and O–H groups in total. The van der Waals surface area contributed by atoms with E-state index >= 15 is 0 Å². The van der Waals surface area contributed by atoms with Crippen LogP contribution in [0.2, 0.25) is 0 Å². The maximum Gasteiger partial charge on any atom is 0.408 e. The fourth-order valence-corrected chi connectivity index (χ4v) is 5.96. The Hall–Kier alpha value is -4.58. The molecule has 0 spiro atoms. The van der Waals surface area contributed by atoms with Crippen molar-refractivity contribution in [2.75, 3.05) is 31.7 Å². The highest BCUT2D eigenvalue weighted by Crippen LogP contribution is 2.35. The third kappa shape index (κ3) is 6.46. The summed E-state index contributed by atoms with van der Waals surface area (Å²) >= 11 is 0. The van der Waals surface area contributed by atoms with Gasteiger partial charge in [0.05, 0.1) is 30.2 Å². The average Bonchev–Trinajstić information content (AvgIpc) is 3.44. The van der Waals surface area contributed by atoms with Crippen molar-refractivity contribution in [1.82, 2.24) is 30.0 Å². The number of anilines is 1. The van der Waals surface area contributed by atoms with Crippen molar-refractivity contribution in [1.29, 1.82) is 0 Å². The molecule has 45 heavy (non-hydrogen) atoms. The summed E-state index contributed by atoms with van der Waals surface area (Å²) in [4.78, 5) is 41.7. The summed E-state index contributed by atoms with van der Waals surface area (Å²) in [5.41, 5.74) is 2.16. The Morgan fingerprint density at radius 1 is 1.09 bits per heavy atom. The second-order valence-corrected chi connectivity index (χ2v) is 12.5. The smallest absolute Gasteiger partial charge is 0.408 e. The van der Waals surface area contributed by atoms with Crippen LogP contribution in [0, 0.1) is 0 Å². The van der Waals surface area contributed by atoms with E-state index in [-0.39, 0.29) is 7.65 Å². The van der Waals surface area contributed by atoms with Crippen LogP contribution in [0.15, 0.2) is 55.0 Å². The Kier molecular flexibility index (Phi) is 8.41. The van der Waals surface area contributed by atoms with E-state index in [9.17, 15) is 9.59 Å². The molecule has 12 nitrogen and oxygen atoms in total. The number of methoxy groups -OCH3 is 1. The number of hydrogen-bond acceptors (Lipinski definition) is 10. The number of esters is 1. The maximum absolute atomic E-state index is 12.9. The fraction of sp³-hybridized carbons (Fsp3) is 0.455. The van der Waals surface area contributed by atoms with Crippen LogP contribution in [0.25, 0.3) is 33.5 Å². The Morgan fingerprint density at radius 3 is 2.60 bits per heavy atom. The number of ether oxygens (including phenoxy) is 3. The van der Waals surface area contributed by atoms with E-state index in [1.807, 2.05) is 47.3 Å². The zero-order chi connectivity index (χ0) is 31.6. The van der Waals surface area contributed by atoms with Crippen molar-refractivity contribution < 1.29 is 25.2 Å². The van der Waals surface area contributed by atoms with Crippen molar-refractivity contribution in [3.63, 3.8) is 0 Å². The maximum atomic E-state index is 12.9. The van der Waals surface area contributed by atoms with Gasteiger partial charge in [0.2, 0.25) is 0 Å². The molecule has 238 valence electrons. The fourth-order valence-electron chi connectivity index (χ4n) is 5.96. The molecule has 0 radical (unpaired) electrons. The molecule has 1 atom stereocenters. The van der Waals surface area contributed by atoms with Crippen molar-refractivity contribution in [3.8, 4) is 22.6 Å². The summed E-state index contributed by atoms with van der Waals surface area (Å²) in [5.74, 6) is 0.260. The first-order chi connectivity index (χ1) is 21.7. The van der Waals surface area contributed by atoms with E-state index in [1.54, 1.807) is 33.2 Å². The number of hydrogen-bond donors (Lipinski definition) is 1. The number of rotatable bonds is 6. The van der Waals surface area contributed by atoms with Crippen LogP contribution in [0.1, 0.15) is 60.5 Å². The minimum absolute atomic E-state index is 0. The van der Waals surface area contributed by atoms with E-state index in [0.29, 0.717) is 38.2 Å². The van der Waals surface area contributed by atoms with Crippen LogP contribution in [-0.2, 0) is 19.0 Å². The van der Waals surface area contributed by atoms with E-state index in [0.717, 1.165) is 52.9 Å². The van der Waals surface area contributed by atoms with Gasteiger partial charge in [-0.1, -0.05) is 6.07 Å². The molecule has 1 amide bonds. The molecule has 2 aliphatic heterocycles. The molecule has 1 unspecified atom stereocenters. The van der Waals surface area contributed by atoms with Gasteiger partial charge in [0.15, 0.2) is 6.23 Å². The molecule has 0 bridgehead atoms. The molecule has 6 rings (SSSR count). The minimum atomic E-state index is -1.18. The predicted octanol–water partition coefficient (Wildman–Crippen LogP) is 5.54. The molecule has 6 heterocycles. The van der Waals surface area contributed by atoms with Crippen LogP contribution in [-0.4, -0.2) is 74.7 Å². The largest absolute Gasteiger partial charge is 0.467 e. The number of aromatic nitrogens is 5. The van der Waals surface area contributed by atoms with Gasteiger partial charge in [-0.05, 0) is 83.2 Å². The Bertz CT molecular complexity index is 1680. The topological polar surface area (TPSA) is 134 Å². The van der Waals surface area contributed by atoms with Gasteiger partial charge < -0.3 is 24.4 Å². The normalized spacial score (nSPS) is 18.4. The predicted molar refractivity (Wildman–Crippen MR) is 171 cm³/mol. The molecule has 4 aromatic rings. The molecule has 2 saturated heterocycles. The molecule has 2 aliphatic rings. The molecule has 12 heteroatoms. The molecule has 0 saturated carbocycles. The third-order valence-electron chi connectivity index (χ3n) is 8.21. The van der Waals surface area contributed by atoms with E-state index in [2.05, 4.69) is 15.2 Å². The SMILES string of the molecule is COC(=O)C1(NC(=O)OC(C)(C)C)CCN(c2cccc(-c3nn(C4CCCCO4)c4cnc(-c5cccnc5)cc34)n2)CC1.[HH]. The molecule has 0 aromatic carbocycles. The lowest BCUT2D eigenvalue weighted by atomic mass is 9.87. The van der Waals surface area contributed by atoms with Gasteiger partial charge >= 0.3 is 12.1 Å². The summed E-state index contributed by atoms with van der Waals surface area (Å²) < 4.78 is 18.6. The Balaban J connectivity index is 0.00000417. The van der Waals surface area contributed by atoms with Gasteiger partial charge in [0, 0.05) is 44.5 Å². The van der Waals surface area contributed by atoms with Crippen LogP contribution in [0.5, 0.6) is 0 Å². The van der Waals surface area contributed by atoms with Crippen molar-refractivity contribution in [2.45, 2.75) is 70.2 Å². The summed E-state index contributed by atoms with van der Waals surface area (Å²) in [6.07, 6.45) is 8.22. The highest BCUT2D eigenvalue weighted by atomic mass is 16.6. The number of alkyl carbamates (subject to hydrolysis) is 1. The number of carbonyl (C=O) groups is 2. The number of pyridine rings is 3. The number of nitrogens with zero attached hydrogens (tertiary/aromatic N) is 6. The first-order valence-electron chi connectivity index (χ1n) is 15.4. The Morgan fingerprint density at radius 2 is 1.91 bits per heavy atom. The Labute approximate surface area is 263 Å². The standard InChI is InChI=1S/C33H39N7O5.H2/c1-32(2,3)45-31(42)37-33(30(41)43-4)13-16-39(17-14-33)27-11-7-10-24(36-27)29-23-19-25(22-9-8-15-34-20-22)35-21-26(23)40(38-29)28-12-5-6-18-44-28;/h7-11,15,19-21,28H,5-6,12-14,16-18H2,1-4H3,(H,37,42);1H. The van der Waals surface area contributed by atoms with Crippen molar-refractivity contribution in [3.05, 3.63) is 55.0 Å². The first kappa shape index (κ1) is 30.4. The van der Waals surface area contributed by atoms with E-state index < -0.39 is 23.2 Å². The van der Waals surface area contributed by atoms with Crippen molar-refractivity contribution >= 4 is 28.8 Å². The number of amides is 1. The summed E-state index contributed by atoms with van der Waals surface area (Å²) in [6, 6.07) is 11.8. The van der Waals surface area contributed by atoms with Gasteiger partial charge in [0.25, 0.3) is 0 Å². The second-order valence-electron chi connectivity index (χ2n) is 12.5. The lowest BCUT2D eigenvalue weighted by Gasteiger charge is -2.40. The summed E-state index contributed by atoms with van der Waals surface area (Å²) in [5, 5.41) is 8.78. The van der Waals surface area contributed by atoms with Crippen LogP contribution in [0.4, 0.5) is 10.6 Å². The second kappa shape index (κ2) is 12.4. The van der Waals surface area contributed by atoms with Crippen LogP contribution < -0.4 is 10.2 Å². The zero-order valence-corrected chi connectivity index (χ0v) is 26.2. The number of nitrogens with one attached hydrogen (secondary N) is 1. The van der Waals surface area contributed by atoms with Gasteiger partial charge in [-0.25, -0.2) is 19.3 Å². The number of carbonyl (C=O) groups excluding carboxylic acids is 2. The lowest BCUT2D eigenvalue weighted by Crippen LogP contribution is -2.61. The molecule has 0 aliphatic carbocycles. The number of piperidine rings is 1. The van der Waals surface area contributed by atoms with Gasteiger partial charge in [-0.2, -0.15) is 5.10 Å². The highest BCUT2D eigenvalue weighted by Gasteiger charge is 2.45. The van der Waals surface area contributed by atoms with Crippen LogP contribution in [0.3, 0.4) is 0 Å². The molecular weight excluding hydrogens is 574 g/mol. The first-order valence-corrected chi connectivity index (χ1v) is 15.4. The van der Waals surface area contributed by atoms with E-state index in [1.165, 1.54) is 7.11 Å². The monoisotopic (exact) mass is 615 g/mol. The average molecular weight is 616 g/mol. The number of fused-ring (bicyclic) bond motifs is 1. The third-order valence-corrected chi connectivity index (χ3v) is 8.21. The van der Waals surface area contributed by atoms with Gasteiger partial charge in [-0.15, -0.1) is 0 Å². The summed E-state index contributed by atoms with van der Waals surface area (Å²) in [6.45, 7) is 6.99. The van der Waals surface area contributed by atoms with Gasteiger partial charge in [0.1, 0.15) is 22.7 Å². The van der Waals surface area contributed by atoms with Crippen LogP contribution >= 0.6 is 0 Å². The van der Waals surface area contributed by atoms with E-state index in [4.69, 9.17) is 29.3 Å². The van der Waals surface area contributed by atoms with Gasteiger partial charge in [-0.3, -0.25) is 9.97 Å². The lowest BCUT2D eigenvalue weighted by molar-refractivity contribution is -0.149. The summed E-state index contributed by atoms with van der Waals surface area (Å²) in [7, 11) is 1.33.